The molecule has 30 heavy (non-hydrogen) atoms. The van der Waals surface area contributed by atoms with E-state index in [0.717, 1.165) is 0 Å². The van der Waals surface area contributed by atoms with Crippen LogP contribution in [0.3, 0.4) is 0 Å². The minimum Gasteiger partial charge on any atom is -0.493 e. The normalized spacial score (nSPS) is 44.8. The molecule has 2 fully saturated rings. The fraction of sp³-hybridized carbons (Fsp3) is 0.696. The predicted molar refractivity (Wildman–Crippen MR) is 106 cm³/mol. The summed E-state index contributed by atoms with van der Waals surface area (Å²) in [6, 6.07) is 0. The molecule has 8 atom stereocenters. The molecule has 7 heteroatoms. The van der Waals surface area contributed by atoms with Gasteiger partial charge >= 0.3 is 5.97 Å². The van der Waals surface area contributed by atoms with E-state index in [9.17, 15) is 14.4 Å². The molecular weight excluding hydrogens is 388 g/mol. The first-order valence-corrected chi connectivity index (χ1v) is 10.5. The molecule has 0 unspecified atom stereocenters. The molecular formula is C23H30O7. The molecule has 1 saturated carbocycles. The van der Waals surface area contributed by atoms with Crippen molar-refractivity contribution in [3.05, 3.63) is 23.2 Å². The van der Waals surface area contributed by atoms with Gasteiger partial charge in [0.25, 0.3) is 0 Å². The largest absolute Gasteiger partial charge is 0.493 e. The Morgan fingerprint density at radius 1 is 1.20 bits per heavy atom. The summed E-state index contributed by atoms with van der Waals surface area (Å²) in [6.07, 6.45) is 1.31. The van der Waals surface area contributed by atoms with Crippen molar-refractivity contribution in [2.75, 3.05) is 14.2 Å². The number of hydrogen-bond acceptors (Lipinski definition) is 7. The van der Waals surface area contributed by atoms with E-state index in [4.69, 9.17) is 18.9 Å². The maximum Gasteiger partial charge on any atom is 0.304 e. The van der Waals surface area contributed by atoms with Crippen LogP contribution in [0.1, 0.15) is 41.0 Å². The molecule has 3 aliphatic carbocycles. The fourth-order valence-electron chi connectivity index (χ4n) is 7.02. The number of allylic oxidation sites excluding steroid dienone is 3. The van der Waals surface area contributed by atoms with Gasteiger partial charge < -0.3 is 18.9 Å². The summed E-state index contributed by atoms with van der Waals surface area (Å²) in [5.74, 6) is -1.38. The molecule has 0 radical (unpaired) electrons. The fourth-order valence-corrected chi connectivity index (χ4v) is 7.02. The Hall–Kier alpha value is -2.15. The van der Waals surface area contributed by atoms with Crippen molar-refractivity contribution < 1.29 is 33.3 Å². The molecule has 164 valence electrons. The molecule has 0 amide bonds. The minimum absolute atomic E-state index is 0.0211. The van der Waals surface area contributed by atoms with Crippen LogP contribution in [0.4, 0.5) is 0 Å². The van der Waals surface area contributed by atoms with Gasteiger partial charge in [0.2, 0.25) is 17.9 Å². The molecule has 0 aromatic rings. The van der Waals surface area contributed by atoms with Crippen LogP contribution >= 0.6 is 0 Å². The van der Waals surface area contributed by atoms with E-state index >= 15 is 0 Å². The van der Waals surface area contributed by atoms with Crippen LogP contribution in [0, 0.1) is 34.5 Å². The molecule has 0 N–H and O–H groups in total. The number of methoxy groups -OCH3 is 2. The molecule has 1 saturated heterocycles. The Balaban J connectivity index is 1.95. The number of rotatable bonds is 3. The van der Waals surface area contributed by atoms with Crippen LogP contribution in [0.5, 0.6) is 0 Å². The van der Waals surface area contributed by atoms with E-state index in [1.54, 1.807) is 0 Å². The van der Waals surface area contributed by atoms with E-state index < -0.39 is 29.0 Å². The van der Waals surface area contributed by atoms with Gasteiger partial charge in [0.15, 0.2) is 11.5 Å². The van der Waals surface area contributed by atoms with Crippen LogP contribution in [0.15, 0.2) is 23.2 Å². The number of esters is 1. The van der Waals surface area contributed by atoms with Crippen LogP contribution in [-0.2, 0) is 33.3 Å². The monoisotopic (exact) mass is 418 g/mol. The molecule has 0 aromatic heterocycles. The lowest BCUT2D eigenvalue weighted by atomic mass is 9.41. The summed E-state index contributed by atoms with van der Waals surface area (Å²) >= 11 is 0. The Bertz CT molecular complexity index is 886. The third-order valence-electron chi connectivity index (χ3n) is 8.17. The zero-order valence-corrected chi connectivity index (χ0v) is 18.6. The van der Waals surface area contributed by atoms with E-state index in [-0.39, 0.29) is 41.2 Å². The second-order valence-electron chi connectivity index (χ2n) is 9.51. The lowest BCUT2D eigenvalue weighted by Crippen LogP contribution is -2.65. The summed E-state index contributed by atoms with van der Waals surface area (Å²) in [4.78, 5) is 39.2. The van der Waals surface area contributed by atoms with Gasteiger partial charge in [0, 0.05) is 23.7 Å². The average molecular weight is 418 g/mol. The van der Waals surface area contributed by atoms with Crippen molar-refractivity contribution in [3.8, 4) is 0 Å². The molecule has 7 nitrogen and oxygen atoms in total. The lowest BCUT2D eigenvalue weighted by Gasteiger charge is -2.59. The second kappa shape index (κ2) is 6.67. The topological polar surface area (TPSA) is 88.1 Å². The first-order chi connectivity index (χ1) is 14.0. The highest BCUT2D eigenvalue weighted by atomic mass is 16.7. The van der Waals surface area contributed by atoms with Crippen molar-refractivity contribution in [3.63, 3.8) is 0 Å². The van der Waals surface area contributed by atoms with Crippen LogP contribution < -0.4 is 0 Å². The average Bonchev–Trinajstić information content (AvgIpc) is 2.93. The Morgan fingerprint density at radius 2 is 1.87 bits per heavy atom. The first-order valence-electron chi connectivity index (χ1n) is 10.5. The number of fused-ring (bicyclic) bond motifs is 2. The Kier molecular flexibility index (Phi) is 4.69. The smallest absolute Gasteiger partial charge is 0.304 e. The highest BCUT2D eigenvalue weighted by Gasteiger charge is 2.74. The van der Waals surface area contributed by atoms with Crippen molar-refractivity contribution in [2.45, 2.75) is 53.4 Å². The van der Waals surface area contributed by atoms with E-state index in [1.807, 2.05) is 33.8 Å². The van der Waals surface area contributed by atoms with Crippen molar-refractivity contribution in [2.24, 2.45) is 34.5 Å². The summed E-state index contributed by atoms with van der Waals surface area (Å²) in [7, 11) is 2.95. The Morgan fingerprint density at radius 3 is 2.43 bits per heavy atom. The zero-order chi connectivity index (χ0) is 22.2. The number of carbonyl (C=O) groups excluding carboxylic acids is 3. The Labute approximate surface area is 176 Å². The van der Waals surface area contributed by atoms with E-state index in [1.165, 1.54) is 21.1 Å². The molecule has 1 heterocycles. The van der Waals surface area contributed by atoms with Gasteiger partial charge in [-0.25, -0.2) is 0 Å². The zero-order valence-electron chi connectivity index (χ0n) is 18.6. The molecule has 0 bridgehead atoms. The number of ketones is 2. The summed E-state index contributed by atoms with van der Waals surface area (Å²) in [5, 5.41) is 0. The number of hydrogen-bond donors (Lipinski definition) is 0. The van der Waals surface area contributed by atoms with E-state index in [0.29, 0.717) is 17.8 Å². The quantitative estimate of drug-likeness (QED) is 0.651. The maximum atomic E-state index is 13.8. The van der Waals surface area contributed by atoms with Gasteiger partial charge in [-0.05, 0) is 36.8 Å². The van der Waals surface area contributed by atoms with Crippen molar-refractivity contribution in [1.29, 1.82) is 0 Å². The third-order valence-corrected chi connectivity index (χ3v) is 8.17. The number of carbonyl (C=O) groups is 3. The summed E-state index contributed by atoms with van der Waals surface area (Å²) in [5.41, 5.74) is -0.977. The number of Topliss-reactive ketones (excluding diaryl/α,β-unsaturated/α-hetero) is 2. The van der Waals surface area contributed by atoms with E-state index in [2.05, 4.69) is 0 Å². The van der Waals surface area contributed by atoms with Gasteiger partial charge in [0.1, 0.15) is 0 Å². The molecule has 0 spiro atoms. The third kappa shape index (κ3) is 2.38. The van der Waals surface area contributed by atoms with Crippen LogP contribution in [-0.4, -0.2) is 44.1 Å². The van der Waals surface area contributed by atoms with Gasteiger partial charge in [0.05, 0.1) is 26.2 Å². The first kappa shape index (κ1) is 21.1. The molecule has 0 aromatic carbocycles. The molecule has 4 aliphatic rings. The van der Waals surface area contributed by atoms with Crippen molar-refractivity contribution in [1.82, 2.24) is 0 Å². The molecule has 1 aliphatic heterocycles. The van der Waals surface area contributed by atoms with Gasteiger partial charge in [-0.15, -0.1) is 0 Å². The lowest BCUT2D eigenvalue weighted by molar-refractivity contribution is -0.185. The SMILES string of the molecule is COC1=C[C@@H](C)[C@@H]2C[C@H]3O[C@@H](OC(C)=O)[C@H]4C(C)=C(OC)C(=O)[C@H]([C@@]2(C)C1=O)[C@]43C. The summed E-state index contributed by atoms with van der Waals surface area (Å²) in [6.45, 7) is 9.09. The predicted octanol–water partition coefficient (Wildman–Crippen LogP) is 2.79. The van der Waals surface area contributed by atoms with Gasteiger partial charge in [-0.2, -0.15) is 0 Å². The van der Waals surface area contributed by atoms with Crippen LogP contribution in [0.2, 0.25) is 0 Å². The molecule has 4 rings (SSSR count). The maximum absolute atomic E-state index is 13.8. The highest BCUT2D eigenvalue weighted by Crippen LogP contribution is 2.68. The second-order valence-corrected chi connectivity index (χ2v) is 9.51. The summed E-state index contributed by atoms with van der Waals surface area (Å²) < 4.78 is 22.8. The van der Waals surface area contributed by atoms with Crippen molar-refractivity contribution >= 4 is 17.5 Å². The van der Waals surface area contributed by atoms with Gasteiger partial charge in [-0.1, -0.05) is 20.8 Å². The van der Waals surface area contributed by atoms with Gasteiger partial charge in [-0.3, -0.25) is 14.4 Å². The van der Waals surface area contributed by atoms with Crippen LogP contribution in [0.25, 0.3) is 0 Å². The minimum atomic E-state index is -0.973. The standard InChI is InChI=1S/C23H30O7/c1-10-8-14(27-6)20(26)22(4)13(10)9-15-23(5)16(21(30-15)29-12(3)24)11(2)18(28-7)17(25)19(22)23/h8,10,13,15-16,19,21H,9H2,1-7H3/t10-,13+,15-,16-,19-,21-,22+,23+/m1/s1. The number of ether oxygens (including phenoxy) is 4. The highest BCUT2D eigenvalue weighted by molar-refractivity contribution is 6.07.